The summed E-state index contributed by atoms with van der Waals surface area (Å²) >= 11 is 12.1. The molecule has 2 heterocycles. The number of hydrogen-bond acceptors (Lipinski definition) is 5. The van der Waals surface area contributed by atoms with E-state index in [1.165, 1.54) is 30.1 Å². The number of furan rings is 1. The Morgan fingerprint density at radius 1 is 1.17 bits per heavy atom. The molecule has 2 N–H and O–H groups in total. The minimum atomic E-state index is -3.81. The number of nitrogens with one attached hydrogen (secondary N) is 2. The van der Waals surface area contributed by atoms with Gasteiger partial charge in [-0.15, -0.1) is 0 Å². The van der Waals surface area contributed by atoms with E-state index in [4.69, 9.17) is 27.6 Å². The molecular formula is C18H19Cl2N3O5S. The molecule has 2 amide bonds. The van der Waals surface area contributed by atoms with Crippen molar-refractivity contribution >= 4 is 50.7 Å². The van der Waals surface area contributed by atoms with Gasteiger partial charge in [0.2, 0.25) is 11.0 Å². The van der Waals surface area contributed by atoms with Crippen LogP contribution in [0.4, 0.5) is 5.69 Å². The van der Waals surface area contributed by atoms with Gasteiger partial charge in [0.25, 0.3) is 15.9 Å². The molecule has 0 saturated carbocycles. The first-order chi connectivity index (χ1) is 13.7. The number of rotatable bonds is 5. The minimum Gasteiger partial charge on any atom is -0.438 e. The van der Waals surface area contributed by atoms with Crippen LogP contribution >= 0.6 is 23.2 Å². The lowest BCUT2D eigenvalue weighted by molar-refractivity contribution is -0.121. The number of piperidine rings is 1. The molecule has 1 atom stereocenters. The summed E-state index contributed by atoms with van der Waals surface area (Å²) < 4.78 is 31.0. The molecular weight excluding hydrogens is 441 g/mol. The van der Waals surface area contributed by atoms with Gasteiger partial charge in [0, 0.05) is 11.6 Å². The second kappa shape index (κ2) is 8.74. The number of amides is 2. The van der Waals surface area contributed by atoms with Crippen LogP contribution in [0.15, 0.2) is 39.8 Å². The summed E-state index contributed by atoms with van der Waals surface area (Å²) in [6.45, 7) is 0.342. The summed E-state index contributed by atoms with van der Waals surface area (Å²) in [5.41, 5.74) is 0.350. The smallest absolute Gasteiger partial charge is 0.290 e. The van der Waals surface area contributed by atoms with Gasteiger partial charge in [-0.2, -0.15) is 0 Å². The third-order valence-corrected chi connectivity index (χ3v) is 6.43. The Labute approximate surface area is 178 Å². The van der Waals surface area contributed by atoms with Crippen molar-refractivity contribution in [3.05, 3.63) is 46.1 Å². The molecule has 11 heteroatoms. The predicted molar refractivity (Wildman–Crippen MR) is 109 cm³/mol. The average molecular weight is 460 g/mol. The van der Waals surface area contributed by atoms with Crippen molar-refractivity contribution in [1.82, 2.24) is 9.62 Å². The van der Waals surface area contributed by atoms with Crippen molar-refractivity contribution in [2.45, 2.75) is 30.4 Å². The normalized spacial score (nSPS) is 17.2. The van der Waals surface area contributed by atoms with Crippen molar-refractivity contribution < 1.29 is 22.4 Å². The van der Waals surface area contributed by atoms with Crippen LogP contribution in [0, 0.1) is 0 Å². The monoisotopic (exact) mass is 459 g/mol. The number of carbonyl (C=O) groups excluding carboxylic acids is 2. The number of likely N-dealkylation sites (tertiary alicyclic amines) is 1. The van der Waals surface area contributed by atoms with Crippen molar-refractivity contribution in [3.63, 3.8) is 0 Å². The molecule has 1 fully saturated rings. The number of anilines is 1. The van der Waals surface area contributed by atoms with E-state index in [9.17, 15) is 18.0 Å². The summed E-state index contributed by atoms with van der Waals surface area (Å²) in [6, 6.07) is 6.42. The van der Waals surface area contributed by atoms with Crippen LogP contribution in [0.25, 0.3) is 0 Å². The van der Waals surface area contributed by atoms with Gasteiger partial charge < -0.3 is 14.6 Å². The predicted octanol–water partition coefficient (Wildman–Crippen LogP) is 3.13. The van der Waals surface area contributed by atoms with Crippen LogP contribution in [-0.2, 0) is 14.8 Å². The third-order valence-electron chi connectivity index (χ3n) is 4.58. The molecule has 3 rings (SSSR count). The molecule has 0 aliphatic carbocycles. The van der Waals surface area contributed by atoms with Gasteiger partial charge >= 0.3 is 0 Å². The van der Waals surface area contributed by atoms with Crippen LogP contribution < -0.4 is 10.0 Å². The van der Waals surface area contributed by atoms with Gasteiger partial charge in [-0.3, -0.25) is 9.59 Å². The average Bonchev–Trinajstić information content (AvgIpc) is 3.21. The van der Waals surface area contributed by atoms with Gasteiger partial charge in [0.15, 0.2) is 5.76 Å². The van der Waals surface area contributed by atoms with E-state index in [1.54, 1.807) is 12.1 Å². The van der Waals surface area contributed by atoms with Crippen molar-refractivity contribution in [2.75, 3.05) is 18.9 Å². The fourth-order valence-corrected chi connectivity index (χ4v) is 4.06. The number of sulfonamides is 1. The van der Waals surface area contributed by atoms with Gasteiger partial charge in [0.05, 0.1) is 10.7 Å². The Bertz CT molecular complexity index is 1040. The highest BCUT2D eigenvalue weighted by Crippen LogP contribution is 2.28. The number of carbonyl (C=O) groups is 2. The van der Waals surface area contributed by atoms with Crippen molar-refractivity contribution in [2.24, 2.45) is 0 Å². The zero-order valence-electron chi connectivity index (χ0n) is 15.4. The first kappa shape index (κ1) is 21.6. The molecule has 29 heavy (non-hydrogen) atoms. The molecule has 1 aliphatic rings. The number of hydrogen-bond donors (Lipinski definition) is 2. The van der Waals surface area contributed by atoms with E-state index >= 15 is 0 Å². The molecule has 8 nitrogen and oxygen atoms in total. The number of nitrogens with zero attached hydrogens (tertiary/aromatic N) is 1. The Balaban J connectivity index is 1.81. The van der Waals surface area contributed by atoms with Gasteiger partial charge in [-0.25, -0.2) is 13.1 Å². The fraction of sp³-hybridized carbons (Fsp3) is 0.333. The largest absolute Gasteiger partial charge is 0.438 e. The molecule has 1 unspecified atom stereocenters. The fourth-order valence-electron chi connectivity index (χ4n) is 3.08. The third kappa shape index (κ3) is 4.75. The van der Waals surface area contributed by atoms with Crippen molar-refractivity contribution in [1.29, 1.82) is 0 Å². The van der Waals surface area contributed by atoms with Crippen LogP contribution in [0.2, 0.25) is 10.0 Å². The van der Waals surface area contributed by atoms with Crippen LogP contribution in [-0.4, -0.2) is 44.8 Å². The first-order valence-electron chi connectivity index (χ1n) is 8.83. The number of benzene rings is 1. The van der Waals surface area contributed by atoms with Crippen molar-refractivity contribution in [3.8, 4) is 0 Å². The summed E-state index contributed by atoms with van der Waals surface area (Å²) in [7, 11) is -2.57. The van der Waals surface area contributed by atoms with E-state index in [0.29, 0.717) is 28.7 Å². The molecule has 156 valence electrons. The van der Waals surface area contributed by atoms with E-state index in [-0.39, 0.29) is 10.9 Å². The van der Waals surface area contributed by atoms with E-state index in [1.807, 2.05) is 0 Å². The summed E-state index contributed by atoms with van der Waals surface area (Å²) in [5, 5.41) is 3.08. The topological polar surface area (TPSA) is 109 Å². The lowest BCUT2D eigenvalue weighted by atomic mass is 10.0. The van der Waals surface area contributed by atoms with Crippen LogP contribution in [0.5, 0.6) is 0 Å². The maximum Gasteiger partial charge on any atom is 0.290 e. The SMILES string of the molecule is CNS(=O)(=O)c1ccc(C(=O)N2CCCCC2C(=O)Nc2cc(Cl)ccc2Cl)o1. The first-order valence-corrected chi connectivity index (χ1v) is 11.1. The maximum absolute atomic E-state index is 12.9. The molecule has 0 bridgehead atoms. The molecule has 0 spiro atoms. The Morgan fingerprint density at radius 3 is 2.66 bits per heavy atom. The van der Waals surface area contributed by atoms with Gasteiger partial charge in [0.1, 0.15) is 6.04 Å². The lowest BCUT2D eigenvalue weighted by Crippen LogP contribution is -2.50. The minimum absolute atomic E-state index is 0.153. The summed E-state index contributed by atoms with van der Waals surface area (Å²) in [4.78, 5) is 27.1. The highest BCUT2D eigenvalue weighted by Gasteiger charge is 2.34. The van der Waals surface area contributed by atoms with Gasteiger partial charge in [-0.05, 0) is 56.6 Å². The van der Waals surface area contributed by atoms with E-state index in [0.717, 1.165) is 12.8 Å². The Kier molecular flexibility index (Phi) is 6.52. The summed E-state index contributed by atoms with van der Waals surface area (Å²) in [5.74, 6) is -1.12. The highest BCUT2D eigenvalue weighted by molar-refractivity contribution is 7.89. The molecule has 2 aromatic rings. The Hall–Kier alpha value is -2.07. The van der Waals surface area contributed by atoms with Crippen LogP contribution in [0.1, 0.15) is 29.8 Å². The molecule has 1 saturated heterocycles. The zero-order chi connectivity index (χ0) is 21.2. The standard InChI is InChI=1S/C18H19Cl2N3O5S/c1-21-29(26,27)16-8-7-15(28-16)18(25)23-9-3-2-4-14(23)17(24)22-13-10-11(19)5-6-12(13)20/h5-8,10,14,21H,2-4,9H2,1H3,(H,22,24). The highest BCUT2D eigenvalue weighted by atomic mass is 35.5. The number of halogens is 2. The van der Waals surface area contributed by atoms with Gasteiger partial charge in [-0.1, -0.05) is 23.2 Å². The second-order valence-corrected chi connectivity index (χ2v) is 9.11. The van der Waals surface area contributed by atoms with E-state index in [2.05, 4.69) is 10.0 Å². The molecule has 0 radical (unpaired) electrons. The van der Waals surface area contributed by atoms with E-state index < -0.39 is 27.9 Å². The molecule has 1 aliphatic heterocycles. The summed E-state index contributed by atoms with van der Waals surface area (Å²) in [6.07, 6.45) is 1.94. The Morgan fingerprint density at radius 2 is 1.93 bits per heavy atom. The molecule has 1 aromatic heterocycles. The quantitative estimate of drug-likeness (QED) is 0.713. The zero-order valence-corrected chi connectivity index (χ0v) is 17.8. The maximum atomic E-state index is 12.9. The second-order valence-electron chi connectivity index (χ2n) is 6.45. The lowest BCUT2D eigenvalue weighted by Gasteiger charge is -2.34. The van der Waals surface area contributed by atoms with Crippen LogP contribution in [0.3, 0.4) is 0 Å². The molecule has 1 aromatic carbocycles.